The summed E-state index contributed by atoms with van der Waals surface area (Å²) >= 11 is 1.52. The van der Waals surface area contributed by atoms with Crippen molar-refractivity contribution in [3.63, 3.8) is 0 Å². The van der Waals surface area contributed by atoms with Gasteiger partial charge in [0.2, 0.25) is 5.95 Å². The Morgan fingerprint density at radius 2 is 2.11 bits per heavy atom. The molecule has 3 rings (SSSR count). The van der Waals surface area contributed by atoms with Gasteiger partial charge in [0.1, 0.15) is 11.4 Å². The Morgan fingerprint density at radius 3 is 2.85 bits per heavy atom. The zero-order valence-electron chi connectivity index (χ0n) is 15.8. The van der Waals surface area contributed by atoms with Crippen LogP contribution in [0.25, 0.3) is 0 Å². The summed E-state index contributed by atoms with van der Waals surface area (Å²) in [6.07, 6.45) is 11.5. The number of nitrogens with one attached hydrogen (secondary N) is 3. The molecule has 0 aromatic carbocycles. The standard InChI is InChI=1S/C19H28N6OS/c1-2-3-9-21-19-23-12-16(18(26)22-11-15-10-20-13-27-15)17(25-19)24-14-7-5-4-6-8-14/h10,12-14H,2-9,11H2,1H3,(H,22,26)(H2,21,23,24,25). The van der Waals surface area contributed by atoms with E-state index in [4.69, 9.17) is 0 Å². The zero-order valence-corrected chi connectivity index (χ0v) is 16.6. The van der Waals surface area contributed by atoms with Crippen LogP contribution in [0.3, 0.4) is 0 Å². The lowest BCUT2D eigenvalue weighted by Gasteiger charge is -2.24. The van der Waals surface area contributed by atoms with Gasteiger partial charge < -0.3 is 16.0 Å². The fourth-order valence-electron chi connectivity index (χ4n) is 3.15. The average Bonchev–Trinajstić information content (AvgIpc) is 3.21. The van der Waals surface area contributed by atoms with Gasteiger partial charge in [0.15, 0.2) is 0 Å². The third-order valence-corrected chi connectivity index (χ3v) is 5.48. The molecule has 0 unspecified atom stereocenters. The van der Waals surface area contributed by atoms with Crippen molar-refractivity contribution < 1.29 is 4.79 Å². The van der Waals surface area contributed by atoms with E-state index in [1.54, 1.807) is 17.9 Å². The molecule has 3 N–H and O–H groups in total. The number of rotatable bonds is 9. The quantitative estimate of drug-likeness (QED) is 0.566. The fraction of sp³-hybridized carbons (Fsp3) is 0.579. The number of aromatic nitrogens is 3. The van der Waals surface area contributed by atoms with Crippen molar-refractivity contribution >= 4 is 29.0 Å². The normalized spacial score (nSPS) is 14.7. The van der Waals surface area contributed by atoms with Gasteiger partial charge in [-0.05, 0) is 19.3 Å². The summed E-state index contributed by atoms with van der Waals surface area (Å²) < 4.78 is 0. The first kappa shape index (κ1) is 19.5. The number of carbonyl (C=O) groups excluding carboxylic acids is 1. The second-order valence-electron chi connectivity index (χ2n) is 6.87. The van der Waals surface area contributed by atoms with Crippen LogP contribution in [-0.4, -0.2) is 33.4 Å². The number of unbranched alkanes of at least 4 members (excludes halogenated alkanes) is 1. The predicted octanol–water partition coefficient (Wildman–Crippen LogP) is 3.82. The van der Waals surface area contributed by atoms with E-state index in [-0.39, 0.29) is 5.91 Å². The molecule has 1 aliphatic carbocycles. The van der Waals surface area contributed by atoms with E-state index in [1.165, 1.54) is 30.6 Å². The number of amides is 1. The molecule has 1 aliphatic rings. The first-order valence-electron chi connectivity index (χ1n) is 9.79. The highest BCUT2D eigenvalue weighted by Gasteiger charge is 2.19. The highest BCUT2D eigenvalue weighted by atomic mass is 32.1. The molecular weight excluding hydrogens is 360 g/mol. The highest BCUT2D eigenvalue weighted by molar-refractivity contribution is 7.09. The maximum atomic E-state index is 12.7. The number of hydrogen-bond donors (Lipinski definition) is 3. The van der Waals surface area contributed by atoms with E-state index < -0.39 is 0 Å². The number of thiazole rings is 1. The molecule has 0 atom stereocenters. The third-order valence-electron chi connectivity index (χ3n) is 4.70. The molecule has 0 saturated heterocycles. The van der Waals surface area contributed by atoms with Crippen LogP contribution in [0.2, 0.25) is 0 Å². The highest BCUT2D eigenvalue weighted by Crippen LogP contribution is 2.23. The Morgan fingerprint density at radius 1 is 1.26 bits per heavy atom. The van der Waals surface area contributed by atoms with Crippen molar-refractivity contribution in [2.45, 2.75) is 64.5 Å². The summed E-state index contributed by atoms with van der Waals surface area (Å²) in [5.74, 6) is 1.03. The first-order chi connectivity index (χ1) is 13.3. The number of carbonyl (C=O) groups is 1. The van der Waals surface area contributed by atoms with Crippen molar-refractivity contribution in [3.8, 4) is 0 Å². The molecule has 2 aromatic heterocycles. The molecule has 7 nitrogen and oxygen atoms in total. The van der Waals surface area contributed by atoms with Gasteiger partial charge in [0.25, 0.3) is 5.91 Å². The van der Waals surface area contributed by atoms with Crippen molar-refractivity contribution in [2.75, 3.05) is 17.2 Å². The van der Waals surface area contributed by atoms with Crippen LogP contribution in [0, 0.1) is 0 Å². The Labute approximate surface area is 164 Å². The largest absolute Gasteiger partial charge is 0.367 e. The SMILES string of the molecule is CCCCNc1ncc(C(=O)NCc2cncs2)c(NC2CCCCC2)n1. The van der Waals surface area contributed by atoms with Crippen LogP contribution in [0.15, 0.2) is 17.9 Å². The van der Waals surface area contributed by atoms with Gasteiger partial charge in [-0.3, -0.25) is 9.78 Å². The molecule has 27 heavy (non-hydrogen) atoms. The van der Waals surface area contributed by atoms with Crippen LogP contribution in [0.1, 0.15) is 67.1 Å². The Hall–Kier alpha value is -2.22. The van der Waals surface area contributed by atoms with Gasteiger partial charge in [-0.1, -0.05) is 32.6 Å². The second-order valence-corrected chi connectivity index (χ2v) is 7.84. The Bertz CT molecular complexity index is 715. The van der Waals surface area contributed by atoms with Crippen LogP contribution in [0.5, 0.6) is 0 Å². The number of nitrogens with zero attached hydrogens (tertiary/aromatic N) is 3. The van der Waals surface area contributed by atoms with Crippen molar-refractivity contribution in [1.29, 1.82) is 0 Å². The predicted molar refractivity (Wildman–Crippen MR) is 109 cm³/mol. The van der Waals surface area contributed by atoms with Crippen LogP contribution in [-0.2, 0) is 6.54 Å². The average molecular weight is 389 g/mol. The Kier molecular flexibility index (Phi) is 7.38. The molecule has 8 heteroatoms. The van der Waals surface area contributed by atoms with E-state index in [2.05, 4.69) is 37.8 Å². The van der Waals surface area contributed by atoms with Gasteiger partial charge in [0, 0.05) is 29.9 Å². The van der Waals surface area contributed by atoms with E-state index in [1.807, 2.05) is 0 Å². The van der Waals surface area contributed by atoms with Gasteiger partial charge in [-0.15, -0.1) is 11.3 Å². The maximum Gasteiger partial charge on any atom is 0.256 e. The van der Waals surface area contributed by atoms with Crippen molar-refractivity contribution in [3.05, 3.63) is 28.3 Å². The maximum absolute atomic E-state index is 12.7. The summed E-state index contributed by atoms with van der Waals surface area (Å²) in [5.41, 5.74) is 2.25. The lowest BCUT2D eigenvalue weighted by molar-refractivity contribution is 0.0951. The lowest BCUT2D eigenvalue weighted by Crippen LogP contribution is -2.28. The van der Waals surface area contributed by atoms with Gasteiger partial charge >= 0.3 is 0 Å². The number of hydrogen-bond acceptors (Lipinski definition) is 7. The van der Waals surface area contributed by atoms with Crippen molar-refractivity contribution in [2.24, 2.45) is 0 Å². The minimum absolute atomic E-state index is 0.165. The molecule has 2 aromatic rings. The topological polar surface area (TPSA) is 91.8 Å². The molecule has 0 aliphatic heterocycles. The zero-order chi connectivity index (χ0) is 18.9. The van der Waals surface area contributed by atoms with Crippen LogP contribution in [0.4, 0.5) is 11.8 Å². The molecule has 1 amide bonds. The van der Waals surface area contributed by atoms with E-state index in [0.29, 0.717) is 29.9 Å². The fourth-order valence-corrected chi connectivity index (χ4v) is 3.69. The molecule has 0 spiro atoms. The first-order valence-corrected chi connectivity index (χ1v) is 10.7. The van der Waals surface area contributed by atoms with E-state index >= 15 is 0 Å². The molecule has 1 fully saturated rings. The van der Waals surface area contributed by atoms with Gasteiger partial charge in [0.05, 0.1) is 12.1 Å². The minimum Gasteiger partial charge on any atom is -0.367 e. The minimum atomic E-state index is -0.165. The third kappa shape index (κ3) is 5.89. The summed E-state index contributed by atoms with van der Waals surface area (Å²) in [4.78, 5) is 26.7. The summed E-state index contributed by atoms with van der Waals surface area (Å²) in [6.45, 7) is 3.44. The second kappa shape index (κ2) is 10.2. The van der Waals surface area contributed by atoms with Crippen molar-refractivity contribution in [1.82, 2.24) is 20.3 Å². The van der Waals surface area contributed by atoms with E-state index in [0.717, 1.165) is 37.1 Å². The summed E-state index contributed by atoms with van der Waals surface area (Å²) in [6, 6.07) is 0.366. The Balaban J connectivity index is 1.71. The molecule has 0 radical (unpaired) electrons. The molecule has 146 valence electrons. The monoisotopic (exact) mass is 388 g/mol. The molecule has 2 heterocycles. The summed E-state index contributed by atoms with van der Waals surface area (Å²) in [5, 5.41) is 9.68. The molecule has 0 bridgehead atoms. The lowest BCUT2D eigenvalue weighted by atomic mass is 9.95. The van der Waals surface area contributed by atoms with Crippen LogP contribution < -0.4 is 16.0 Å². The number of anilines is 2. The molecule has 1 saturated carbocycles. The van der Waals surface area contributed by atoms with E-state index in [9.17, 15) is 4.79 Å². The summed E-state index contributed by atoms with van der Waals surface area (Å²) in [7, 11) is 0. The smallest absolute Gasteiger partial charge is 0.256 e. The van der Waals surface area contributed by atoms with Gasteiger partial charge in [-0.2, -0.15) is 4.98 Å². The van der Waals surface area contributed by atoms with Gasteiger partial charge in [-0.25, -0.2) is 4.98 Å². The molecular formula is C19H28N6OS. The van der Waals surface area contributed by atoms with Crippen LogP contribution >= 0.6 is 11.3 Å².